The lowest BCUT2D eigenvalue weighted by Crippen LogP contribution is -1.91. The molecule has 0 fully saturated rings. The first kappa shape index (κ1) is 24.5. The van der Waals surface area contributed by atoms with Crippen molar-refractivity contribution in [2.24, 2.45) is 0 Å². The highest BCUT2D eigenvalue weighted by atomic mass is 16.3. The van der Waals surface area contributed by atoms with Crippen molar-refractivity contribution in [3.63, 3.8) is 0 Å². The molecule has 0 aliphatic rings. The molecule has 45 heavy (non-hydrogen) atoms. The van der Waals surface area contributed by atoms with Crippen LogP contribution in [0.5, 0.6) is 0 Å². The van der Waals surface area contributed by atoms with Crippen molar-refractivity contribution in [1.29, 1.82) is 0 Å². The van der Waals surface area contributed by atoms with Gasteiger partial charge in [-0.2, -0.15) is 0 Å². The van der Waals surface area contributed by atoms with Crippen LogP contribution in [0.15, 0.2) is 162 Å². The van der Waals surface area contributed by atoms with E-state index in [1.807, 2.05) is 6.07 Å². The summed E-state index contributed by atoms with van der Waals surface area (Å²) in [7, 11) is 0. The van der Waals surface area contributed by atoms with Gasteiger partial charge >= 0.3 is 0 Å². The summed E-state index contributed by atoms with van der Waals surface area (Å²) in [5, 5.41) is 14.7. The lowest BCUT2D eigenvalue weighted by molar-refractivity contribution is 0.673. The van der Waals surface area contributed by atoms with Gasteiger partial charge in [-0.05, 0) is 88.9 Å². The van der Waals surface area contributed by atoms with Crippen molar-refractivity contribution in [2.75, 3.05) is 0 Å². The highest BCUT2D eigenvalue weighted by Crippen LogP contribution is 2.46. The molecule has 0 saturated carbocycles. The minimum atomic E-state index is 0.925. The first-order valence-electron chi connectivity index (χ1n) is 15.5. The third-order valence-electron chi connectivity index (χ3n) is 9.63. The standard InChI is InChI=1S/C44H26O/c1-2-12-27(13-3-1)41-32-17-6-8-19-34(32)42(35-20-9-7-18-33(35)41)28-22-23-37-39(26-28)30-15-5-4-14-29(30)36-24-25-38-31-16-10-11-21-40(31)45-44(38)43(36)37/h1-26H. The zero-order chi connectivity index (χ0) is 29.5. The second-order valence-electron chi connectivity index (χ2n) is 12.0. The number of furan rings is 1. The monoisotopic (exact) mass is 570 g/mol. The van der Waals surface area contributed by atoms with E-state index in [4.69, 9.17) is 4.42 Å². The first-order chi connectivity index (χ1) is 22.3. The number of fused-ring (bicyclic) bond motifs is 12. The molecule has 10 rings (SSSR count). The largest absolute Gasteiger partial charge is 0.455 e. The molecule has 1 heterocycles. The maximum atomic E-state index is 6.61. The van der Waals surface area contributed by atoms with E-state index in [-0.39, 0.29) is 0 Å². The Hall–Kier alpha value is -5.92. The van der Waals surface area contributed by atoms with E-state index >= 15 is 0 Å². The Morgan fingerprint density at radius 3 is 1.42 bits per heavy atom. The minimum Gasteiger partial charge on any atom is -0.455 e. The van der Waals surface area contributed by atoms with Gasteiger partial charge in [0.1, 0.15) is 11.2 Å². The van der Waals surface area contributed by atoms with Gasteiger partial charge in [-0.3, -0.25) is 0 Å². The molecule has 1 heteroatoms. The molecular weight excluding hydrogens is 544 g/mol. The van der Waals surface area contributed by atoms with Crippen molar-refractivity contribution < 1.29 is 4.42 Å². The molecule has 1 nitrogen and oxygen atoms in total. The molecule has 0 aliphatic heterocycles. The van der Waals surface area contributed by atoms with E-state index in [0.29, 0.717) is 0 Å². The van der Waals surface area contributed by atoms with Crippen LogP contribution in [0.1, 0.15) is 0 Å². The zero-order valence-electron chi connectivity index (χ0n) is 24.4. The number of para-hydroxylation sites is 1. The van der Waals surface area contributed by atoms with E-state index in [2.05, 4.69) is 152 Å². The van der Waals surface area contributed by atoms with Crippen molar-refractivity contribution >= 4 is 75.8 Å². The Kier molecular flexibility index (Phi) is 5.06. The molecule has 0 aliphatic carbocycles. The molecule has 208 valence electrons. The molecule has 0 radical (unpaired) electrons. The maximum absolute atomic E-state index is 6.61. The van der Waals surface area contributed by atoms with Crippen LogP contribution >= 0.6 is 0 Å². The summed E-state index contributed by atoms with van der Waals surface area (Å²) in [6.45, 7) is 0. The van der Waals surface area contributed by atoms with Crippen LogP contribution in [0.3, 0.4) is 0 Å². The Labute approximate surface area is 259 Å². The van der Waals surface area contributed by atoms with Crippen molar-refractivity contribution in [1.82, 2.24) is 0 Å². The van der Waals surface area contributed by atoms with Gasteiger partial charge in [0.2, 0.25) is 0 Å². The summed E-state index contributed by atoms with van der Waals surface area (Å²) < 4.78 is 6.61. The fourth-order valence-corrected chi connectivity index (χ4v) is 7.73. The molecule has 0 unspecified atom stereocenters. The van der Waals surface area contributed by atoms with Gasteiger partial charge in [0.15, 0.2) is 0 Å². The smallest absolute Gasteiger partial charge is 0.143 e. The highest BCUT2D eigenvalue weighted by molar-refractivity contribution is 6.33. The van der Waals surface area contributed by atoms with E-state index in [9.17, 15) is 0 Å². The summed E-state index contributed by atoms with van der Waals surface area (Å²) in [6, 6.07) is 57.3. The van der Waals surface area contributed by atoms with Crippen LogP contribution in [-0.4, -0.2) is 0 Å². The highest BCUT2D eigenvalue weighted by Gasteiger charge is 2.19. The number of rotatable bonds is 2. The van der Waals surface area contributed by atoms with Gasteiger partial charge in [0.05, 0.1) is 0 Å². The first-order valence-corrected chi connectivity index (χ1v) is 15.5. The van der Waals surface area contributed by atoms with Crippen LogP contribution in [0, 0.1) is 0 Å². The van der Waals surface area contributed by atoms with E-state index in [1.165, 1.54) is 76.1 Å². The topological polar surface area (TPSA) is 13.1 Å². The van der Waals surface area contributed by atoms with Gasteiger partial charge in [-0.1, -0.05) is 140 Å². The van der Waals surface area contributed by atoms with Crippen LogP contribution < -0.4 is 0 Å². The molecule has 0 spiro atoms. The van der Waals surface area contributed by atoms with Crippen molar-refractivity contribution in [3.8, 4) is 22.3 Å². The predicted molar refractivity (Wildman–Crippen MR) is 192 cm³/mol. The molecule has 0 amide bonds. The summed E-state index contributed by atoms with van der Waals surface area (Å²) in [5.74, 6) is 0. The zero-order valence-corrected chi connectivity index (χ0v) is 24.4. The van der Waals surface area contributed by atoms with Crippen molar-refractivity contribution in [3.05, 3.63) is 158 Å². The van der Waals surface area contributed by atoms with E-state index in [0.717, 1.165) is 21.9 Å². The molecule has 1 aromatic heterocycles. The fourth-order valence-electron chi connectivity index (χ4n) is 7.73. The van der Waals surface area contributed by atoms with Crippen LogP contribution in [0.4, 0.5) is 0 Å². The Bertz CT molecular complexity index is 2740. The summed E-state index contributed by atoms with van der Waals surface area (Å²) in [5.41, 5.74) is 6.90. The Morgan fingerprint density at radius 1 is 0.289 bits per heavy atom. The Morgan fingerprint density at radius 2 is 0.756 bits per heavy atom. The van der Waals surface area contributed by atoms with E-state index < -0.39 is 0 Å². The normalized spacial score (nSPS) is 12.0. The Balaban J connectivity index is 1.36. The average molecular weight is 571 g/mol. The third-order valence-corrected chi connectivity index (χ3v) is 9.63. The van der Waals surface area contributed by atoms with Crippen LogP contribution in [0.2, 0.25) is 0 Å². The van der Waals surface area contributed by atoms with Crippen molar-refractivity contribution in [2.45, 2.75) is 0 Å². The fraction of sp³-hybridized carbons (Fsp3) is 0. The molecule has 0 saturated heterocycles. The van der Waals surface area contributed by atoms with Crippen LogP contribution in [0.25, 0.3) is 98.1 Å². The van der Waals surface area contributed by atoms with Gasteiger partial charge < -0.3 is 4.42 Å². The molecule has 10 aromatic rings. The summed E-state index contributed by atoms with van der Waals surface area (Å²) in [4.78, 5) is 0. The maximum Gasteiger partial charge on any atom is 0.143 e. The quantitative estimate of drug-likeness (QED) is 0.149. The van der Waals surface area contributed by atoms with Gasteiger partial charge in [0, 0.05) is 16.2 Å². The lowest BCUT2D eigenvalue weighted by atomic mass is 9.85. The molecule has 0 bridgehead atoms. The number of hydrogen-bond donors (Lipinski definition) is 0. The number of benzene rings is 9. The summed E-state index contributed by atoms with van der Waals surface area (Å²) >= 11 is 0. The van der Waals surface area contributed by atoms with Gasteiger partial charge in [-0.25, -0.2) is 0 Å². The predicted octanol–water partition coefficient (Wildman–Crippen LogP) is 12.7. The molecular formula is C44H26O. The van der Waals surface area contributed by atoms with Gasteiger partial charge in [0.25, 0.3) is 0 Å². The summed E-state index contributed by atoms with van der Waals surface area (Å²) in [6.07, 6.45) is 0. The molecule has 0 atom stereocenters. The average Bonchev–Trinajstić information content (AvgIpc) is 3.49. The lowest BCUT2D eigenvalue weighted by Gasteiger charge is -2.18. The molecule has 9 aromatic carbocycles. The second kappa shape index (κ2) is 9.29. The minimum absolute atomic E-state index is 0.925. The van der Waals surface area contributed by atoms with Crippen LogP contribution in [-0.2, 0) is 0 Å². The van der Waals surface area contributed by atoms with Gasteiger partial charge in [-0.15, -0.1) is 0 Å². The van der Waals surface area contributed by atoms with E-state index in [1.54, 1.807) is 0 Å². The third kappa shape index (κ3) is 3.44. The SMILES string of the molecule is c1ccc(-c2c3ccccc3c(-c3ccc4c(c3)c3ccccc3c3ccc5c6ccccc6oc5c34)c3ccccc23)cc1. The number of hydrogen-bond acceptors (Lipinski definition) is 1. The second-order valence-corrected chi connectivity index (χ2v) is 12.0. The molecule has 0 N–H and O–H groups in total.